The molecule has 0 saturated heterocycles. The first-order chi connectivity index (χ1) is 8.90. The standard InChI is InChI=1S/C12H17N3O2S2/c1-8(7-9-4-5-9)15-19(16,17)10-3-2-6-14-11(10)12(13)18/h2-3,6,8-9,15H,4-5,7H2,1H3,(H2,13,18). The molecule has 1 heterocycles. The molecule has 19 heavy (non-hydrogen) atoms. The molecule has 104 valence electrons. The first kappa shape index (κ1) is 14.4. The Hall–Kier alpha value is -1.05. The van der Waals surface area contributed by atoms with Gasteiger partial charge >= 0.3 is 0 Å². The van der Waals surface area contributed by atoms with Gasteiger partial charge in [0.25, 0.3) is 0 Å². The zero-order valence-corrected chi connectivity index (χ0v) is 12.3. The fourth-order valence-electron chi connectivity index (χ4n) is 2.02. The number of nitrogens with zero attached hydrogens (tertiary/aromatic N) is 1. The van der Waals surface area contributed by atoms with E-state index in [1.807, 2.05) is 6.92 Å². The summed E-state index contributed by atoms with van der Waals surface area (Å²) in [4.78, 5) is 3.97. The Kier molecular flexibility index (Phi) is 4.17. The van der Waals surface area contributed by atoms with Crippen molar-refractivity contribution < 1.29 is 8.42 Å². The quantitative estimate of drug-likeness (QED) is 0.771. The minimum absolute atomic E-state index is 0.0178. The maximum atomic E-state index is 12.3. The molecular formula is C12H17N3O2S2. The molecule has 0 aliphatic heterocycles. The van der Waals surface area contributed by atoms with E-state index in [1.165, 1.54) is 25.1 Å². The van der Waals surface area contributed by atoms with E-state index >= 15 is 0 Å². The molecule has 1 aliphatic carbocycles. The van der Waals surface area contributed by atoms with E-state index in [9.17, 15) is 8.42 Å². The lowest BCUT2D eigenvalue weighted by molar-refractivity contribution is 0.529. The summed E-state index contributed by atoms with van der Waals surface area (Å²) in [6.07, 6.45) is 4.72. The molecule has 1 fully saturated rings. The largest absolute Gasteiger partial charge is 0.388 e. The number of nitrogens with two attached hydrogens (primary N) is 1. The summed E-state index contributed by atoms with van der Waals surface area (Å²) in [5.41, 5.74) is 5.65. The third-order valence-corrected chi connectivity index (χ3v) is 4.85. The molecule has 0 bridgehead atoms. The number of rotatable bonds is 6. The number of thiocarbonyl (C=S) groups is 1. The van der Waals surface area contributed by atoms with E-state index in [-0.39, 0.29) is 21.6 Å². The Balaban J connectivity index is 2.20. The molecule has 5 nitrogen and oxygen atoms in total. The van der Waals surface area contributed by atoms with E-state index in [0.717, 1.165) is 6.42 Å². The number of hydrogen-bond acceptors (Lipinski definition) is 4. The molecule has 0 amide bonds. The van der Waals surface area contributed by atoms with Crippen LogP contribution in [0.4, 0.5) is 0 Å². The number of nitrogens with one attached hydrogen (secondary N) is 1. The van der Waals surface area contributed by atoms with Gasteiger partial charge in [-0.05, 0) is 31.4 Å². The molecule has 7 heteroatoms. The highest BCUT2D eigenvalue weighted by Crippen LogP contribution is 2.33. The van der Waals surface area contributed by atoms with Crippen LogP contribution >= 0.6 is 12.2 Å². The minimum atomic E-state index is -3.63. The van der Waals surface area contributed by atoms with Gasteiger partial charge in [0, 0.05) is 12.2 Å². The second-order valence-electron chi connectivity index (χ2n) is 4.92. The Morgan fingerprint density at radius 2 is 2.32 bits per heavy atom. The number of hydrogen-bond donors (Lipinski definition) is 2. The number of sulfonamides is 1. The molecule has 3 N–H and O–H groups in total. The van der Waals surface area contributed by atoms with Gasteiger partial charge in [-0.15, -0.1) is 0 Å². The van der Waals surface area contributed by atoms with Crippen LogP contribution in [0.3, 0.4) is 0 Å². The highest BCUT2D eigenvalue weighted by Gasteiger charge is 2.27. The van der Waals surface area contributed by atoms with Gasteiger partial charge in [0.2, 0.25) is 10.0 Å². The number of aromatic nitrogens is 1. The average Bonchev–Trinajstić information content (AvgIpc) is 3.12. The van der Waals surface area contributed by atoms with Crippen molar-refractivity contribution in [2.75, 3.05) is 0 Å². The molecule has 0 radical (unpaired) electrons. The van der Waals surface area contributed by atoms with Gasteiger partial charge in [0.1, 0.15) is 15.6 Å². The first-order valence-electron chi connectivity index (χ1n) is 6.17. The third kappa shape index (κ3) is 3.71. The van der Waals surface area contributed by atoms with Crippen molar-refractivity contribution in [2.45, 2.75) is 37.1 Å². The van der Waals surface area contributed by atoms with Crippen LogP contribution in [0.1, 0.15) is 31.9 Å². The SMILES string of the molecule is CC(CC1CC1)NS(=O)(=O)c1cccnc1C(N)=S. The smallest absolute Gasteiger partial charge is 0.243 e. The minimum Gasteiger partial charge on any atom is -0.388 e. The predicted molar refractivity (Wildman–Crippen MR) is 77.2 cm³/mol. The van der Waals surface area contributed by atoms with E-state index in [1.54, 1.807) is 6.07 Å². The van der Waals surface area contributed by atoms with Crippen LogP contribution < -0.4 is 10.5 Å². The van der Waals surface area contributed by atoms with E-state index in [0.29, 0.717) is 5.92 Å². The molecule has 0 spiro atoms. The molecule has 1 atom stereocenters. The van der Waals surface area contributed by atoms with Crippen LogP contribution in [0.2, 0.25) is 0 Å². The Morgan fingerprint density at radius 1 is 1.63 bits per heavy atom. The zero-order chi connectivity index (χ0) is 14.0. The Morgan fingerprint density at radius 3 is 2.89 bits per heavy atom. The summed E-state index contributed by atoms with van der Waals surface area (Å²) in [5, 5.41) is 0. The molecule has 2 rings (SSSR count). The Labute approximate surface area is 118 Å². The lowest BCUT2D eigenvalue weighted by atomic mass is 10.2. The van der Waals surface area contributed by atoms with Crippen molar-refractivity contribution in [2.24, 2.45) is 11.7 Å². The van der Waals surface area contributed by atoms with Crippen LogP contribution in [0, 0.1) is 5.92 Å². The summed E-state index contributed by atoms with van der Waals surface area (Å²) < 4.78 is 27.3. The Bertz CT molecular complexity index is 582. The van der Waals surface area contributed by atoms with Crippen molar-refractivity contribution in [3.63, 3.8) is 0 Å². The van der Waals surface area contributed by atoms with Gasteiger partial charge in [-0.25, -0.2) is 13.1 Å². The van der Waals surface area contributed by atoms with Crippen LogP contribution in [-0.4, -0.2) is 24.4 Å². The lowest BCUT2D eigenvalue weighted by Gasteiger charge is -2.15. The maximum Gasteiger partial charge on any atom is 0.243 e. The first-order valence-corrected chi connectivity index (χ1v) is 8.06. The van der Waals surface area contributed by atoms with E-state index in [4.69, 9.17) is 18.0 Å². The second-order valence-corrected chi connectivity index (χ2v) is 7.04. The van der Waals surface area contributed by atoms with Gasteiger partial charge < -0.3 is 5.73 Å². The molecular weight excluding hydrogens is 282 g/mol. The summed E-state index contributed by atoms with van der Waals surface area (Å²) in [6.45, 7) is 1.87. The topological polar surface area (TPSA) is 85.1 Å². The average molecular weight is 299 g/mol. The summed E-state index contributed by atoms with van der Waals surface area (Å²) in [5.74, 6) is 0.654. The van der Waals surface area contributed by atoms with Gasteiger partial charge in [0.15, 0.2) is 0 Å². The van der Waals surface area contributed by atoms with Crippen molar-refractivity contribution >= 4 is 27.2 Å². The molecule has 1 unspecified atom stereocenters. The predicted octanol–water partition coefficient (Wildman–Crippen LogP) is 1.18. The maximum absolute atomic E-state index is 12.3. The number of pyridine rings is 1. The molecule has 1 saturated carbocycles. The van der Waals surface area contributed by atoms with Gasteiger partial charge in [0.05, 0.1) is 0 Å². The van der Waals surface area contributed by atoms with Gasteiger partial charge in [-0.3, -0.25) is 4.98 Å². The zero-order valence-electron chi connectivity index (χ0n) is 10.7. The normalized spacial score (nSPS) is 17.1. The molecule has 1 aromatic rings. The monoisotopic (exact) mass is 299 g/mol. The summed E-state index contributed by atoms with van der Waals surface area (Å²) in [7, 11) is -3.63. The highest BCUT2D eigenvalue weighted by atomic mass is 32.2. The van der Waals surface area contributed by atoms with Crippen LogP contribution in [0.25, 0.3) is 0 Å². The summed E-state index contributed by atoms with van der Waals surface area (Å²) in [6, 6.07) is 2.92. The van der Waals surface area contributed by atoms with Crippen LogP contribution in [0.5, 0.6) is 0 Å². The summed E-state index contributed by atoms with van der Waals surface area (Å²) >= 11 is 4.84. The fraction of sp³-hybridized carbons (Fsp3) is 0.500. The molecule has 1 aliphatic rings. The van der Waals surface area contributed by atoms with Crippen molar-refractivity contribution in [3.8, 4) is 0 Å². The van der Waals surface area contributed by atoms with Crippen molar-refractivity contribution in [3.05, 3.63) is 24.0 Å². The van der Waals surface area contributed by atoms with E-state index in [2.05, 4.69) is 9.71 Å². The lowest BCUT2D eigenvalue weighted by Crippen LogP contribution is -2.34. The van der Waals surface area contributed by atoms with Crippen LogP contribution in [0.15, 0.2) is 23.2 Å². The van der Waals surface area contributed by atoms with Crippen molar-refractivity contribution in [1.29, 1.82) is 0 Å². The van der Waals surface area contributed by atoms with Crippen molar-refractivity contribution in [1.82, 2.24) is 9.71 Å². The van der Waals surface area contributed by atoms with E-state index < -0.39 is 10.0 Å². The van der Waals surface area contributed by atoms with Crippen LogP contribution in [-0.2, 0) is 10.0 Å². The van der Waals surface area contributed by atoms with Gasteiger partial charge in [-0.2, -0.15) is 0 Å². The highest BCUT2D eigenvalue weighted by molar-refractivity contribution is 7.89. The fourth-order valence-corrected chi connectivity index (χ4v) is 3.68. The molecule has 0 aromatic carbocycles. The third-order valence-electron chi connectivity index (χ3n) is 3.03. The molecule has 1 aromatic heterocycles. The van der Waals surface area contributed by atoms with Gasteiger partial charge in [-0.1, -0.05) is 25.1 Å². The second kappa shape index (κ2) is 5.52.